The summed E-state index contributed by atoms with van der Waals surface area (Å²) in [5.74, 6) is 0. The van der Waals surface area contributed by atoms with Crippen LogP contribution in [-0.2, 0) is 10.8 Å². The van der Waals surface area contributed by atoms with Crippen molar-refractivity contribution in [2.45, 2.75) is 52.4 Å². The Labute approximate surface area is 150 Å². The second-order valence-electron chi connectivity index (χ2n) is 8.87. The van der Waals surface area contributed by atoms with Crippen molar-refractivity contribution in [1.29, 1.82) is 0 Å². The molecule has 3 aromatic rings. The normalized spacial score (nSPS) is 12.6. The molecule has 0 bridgehead atoms. The van der Waals surface area contributed by atoms with Crippen molar-refractivity contribution in [3.05, 3.63) is 59.2 Å². The van der Waals surface area contributed by atoms with Crippen LogP contribution in [0.2, 0.25) is 0 Å². The summed E-state index contributed by atoms with van der Waals surface area (Å²) in [4.78, 5) is 15.3. The number of rotatable bonds is 2. The minimum atomic E-state index is 0.0557. The molecule has 0 spiro atoms. The molecule has 1 aromatic heterocycles. The summed E-state index contributed by atoms with van der Waals surface area (Å²) in [7, 11) is 0. The van der Waals surface area contributed by atoms with Crippen LogP contribution in [-0.4, -0.2) is 11.3 Å². The lowest BCUT2D eigenvalue weighted by molar-refractivity contribution is 0.112. The van der Waals surface area contributed by atoms with Crippen LogP contribution in [0.15, 0.2) is 42.5 Å². The maximum Gasteiger partial charge on any atom is 0.152 e. The highest BCUT2D eigenvalue weighted by molar-refractivity contribution is 6.04. The van der Waals surface area contributed by atoms with Crippen molar-refractivity contribution in [2.75, 3.05) is 0 Å². The molecule has 2 aromatic carbocycles. The first-order valence-electron chi connectivity index (χ1n) is 8.83. The lowest BCUT2D eigenvalue weighted by atomic mass is 9.86. The average Bonchev–Trinajstić information content (AvgIpc) is 2.91. The van der Waals surface area contributed by atoms with Crippen LogP contribution in [0.25, 0.3) is 22.2 Å². The third kappa shape index (κ3) is 3.26. The maximum absolute atomic E-state index is 11.8. The second-order valence-corrected chi connectivity index (χ2v) is 8.87. The molecule has 1 N–H and O–H groups in total. The summed E-state index contributed by atoms with van der Waals surface area (Å²) < 4.78 is 0. The molecule has 130 valence electrons. The van der Waals surface area contributed by atoms with Crippen molar-refractivity contribution >= 4 is 17.2 Å². The quantitative estimate of drug-likeness (QED) is 0.553. The van der Waals surface area contributed by atoms with Gasteiger partial charge in [0.05, 0.1) is 5.69 Å². The minimum absolute atomic E-state index is 0.0557. The molecule has 3 rings (SSSR count). The zero-order chi connectivity index (χ0) is 18.4. The predicted molar refractivity (Wildman–Crippen MR) is 107 cm³/mol. The van der Waals surface area contributed by atoms with Crippen molar-refractivity contribution in [3.63, 3.8) is 0 Å². The highest BCUT2D eigenvalue weighted by Crippen LogP contribution is 2.33. The number of aldehydes is 1. The van der Waals surface area contributed by atoms with Crippen LogP contribution in [0.1, 0.15) is 63.0 Å². The van der Waals surface area contributed by atoms with Gasteiger partial charge in [-0.05, 0) is 39.7 Å². The first-order chi connectivity index (χ1) is 11.6. The van der Waals surface area contributed by atoms with Gasteiger partial charge in [-0.25, -0.2) is 0 Å². The Morgan fingerprint density at radius 1 is 0.800 bits per heavy atom. The fraction of sp³-hybridized carbons (Fsp3) is 0.348. The van der Waals surface area contributed by atoms with Crippen LogP contribution in [0.4, 0.5) is 0 Å². The predicted octanol–water partition coefficient (Wildman–Crippen LogP) is 6.24. The van der Waals surface area contributed by atoms with Gasteiger partial charge >= 0.3 is 0 Å². The number of nitrogens with one attached hydrogen (secondary N) is 1. The lowest BCUT2D eigenvalue weighted by Crippen LogP contribution is -2.10. The summed E-state index contributed by atoms with van der Waals surface area (Å²) in [5.41, 5.74) is 6.38. The number of hydrogen-bond donors (Lipinski definition) is 1. The molecular weight excluding hydrogens is 306 g/mol. The zero-order valence-electron chi connectivity index (χ0n) is 16.0. The Kier molecular flexibility index (Phi) is 4.10. The number of fused-ring (bicyclic) bond motifs is 1. The lowest BCUT2D eigenvalue weighted by Gasteiger charge is -2.19. The van der Waals surface area contributed by atoms with Crippen LogP contribution in [0, 0.1) is 0 Å². The number of H-pyrrole nitrogens is 1. The summed E-state index contributed by atoms with van der Waals surface area (Å²) >= 11 is 0. The summed E-state index contributed by atoms with van der Waals surface area (Å²) in [6.45, 7) is 13.2. The standard InChI is InChI=1S/C23H27NO/c1-22(2,3)16-9-7-15(8-10-16)21-19(14-25)18-13-17(23(4,5)6)11-12-20(18)24-21/h7-14,24H,1-6H3. The van der Waals surface area contributed by atoms with E-state index in [0.29, 0.717) is 0 Å². The zero-order valence-corrected chi connectivity index (χ0v) is 16.0. The van der Waals surface area contributed by atoms with E-state index in [1.54, 1.807) is 0 Å². The molecule has 25 heavy (non-hydrogen) atoms. The molecule has 1 heterocycles. The molecule has 0 radical (unpaired) electrons. The van der Waals surface area contributed by atoms with Gasteiger partial charge in [-0.3, -0.25) is 4.79 Å². The van der Waals surface area contributed by atoms with Gasteiger partial charge < -0.3 is 4.98 Å². The highest BCUT2D eigenvalue weighted by atomic mass is 16.1. The number of aromatic nitrogens is 1. The maximum atomic E-state index is 11.8. The number of benzene rings is 2. The molecule has 0 unspecified atom stereocenters. The third-order valence-corrected chi connectivity index (χ3v) is 4.86. The molecule has 0 fully saturated rings. The van der Waals surface area contributed by atoms with Crippen LogP contribution in [0.5, 0.6) is 0 Å². The average molecular weight is 333 g/mol. The first-order valence-corrected chi connectivity index (χ1v) is 8.83. The molecule has 0 aliphatic rings. The molecule has 0 saturated carbocycles. The largest absolute Gasteiger partial charge is 0.354 e. The van der Waals surface area contributed by atoms with E-state index in [1.807, 2.05) is 0 Å². The molecule has 0 atom stereocenters. The topological polar surface area (TPSA) is 32.9 Å². The third-order valence-electron chi connectivity index (χ3n) is 4.86. The van der Waals surface area contributed by atoms with Gasteiger partial charge in [-0.2, -0.15) is 0 Å². The van der Waals surface area contributed by atoms with E-state index in [-0.39, 0.29) is 10.8 Å². The van der Waals surface area contributed by atoms with Gasteiger partial charge in [0.25, 0.3) is 0 Å². The fourth-order valence-corrected chi connectivity index (χ4v) is 3.17. The Balaban J connectivity index is 2.15. The number of carbonyl (C=O) groups excluding carboxylic acids is 1. The highest BCUT2D eigenvalue weighted by Gasteiger charge is 2.19. The van der Waals surface area contributed by atoms with Crippen molar-refractivity contribution in [1.82, 2.24) is 4.98 Å². The van der Waals surface area contributed by atoms with Crippen molar-refractivity contribution in [2.24, 2.45) is 0 Å². The van der Waals surface area contributed by atoms with Gasteiger partial charge in [0.15, 0.2) is 6.29 Å². The van der Waals surface area contributed by atoms with Gasteiger partial charge in [-0.15, -0.1) is 0 Å². The monoisotopic (exact) mass is 333 g/mol. The van der Waals surface area contributed by atoms with Gasteiger partial charge in [0, 0.05) is 16.5 Å². The summed E-state index contributed by atoms with van der Waals surface area (Å²) in [5, 5.41) is 0.998. The van der Waals surface area contributed by atoms with E-state index in [4.69, 9.17) is 0 Å². The van der Waals surface area contributed by atoms with E-state index >= 15 is 0 Å². The fourth-order valence-electron chi connectivity index (χ4n) is 3.17. The molecule has 2 heteroatoms. The Hall–Kier alpha value is -2.35. The molecular formula is C23H27NO. The van der Waals surface area contributed by atoms with E-state index < -0.39 is 0 Å². The van der Waals surface area contributed by atoms with Crippen molar-refractivity contribution in [3.8, 4) is 11.3 Å². The summed E-state index contributed by atoms with van der Waals surface area (Å²) in [6.07, 6.45) is 0.971. The minimum Gasteiger partial charge on any atom is -0.354 e. The van der Waals surface area contributed by atoms with Crippen LogP contribution in [0.3, 0.4) is 0 Å². The molecule has 0 saturated heterocycles. The van der Waals surface area contributed by atoms with Crippen LogP contribution < -0.4 is 0 Å². The Morgan fingerprint density at radius 2 is 1.36 bits per heavy atom. The number of carbonyl (C=O) groups is 1. The Morgan fingerprint density at radius 3 is 1.88 bits per heavy atom. The van der Waals surface area contributed by atoms with Gasteiger partial charge in [0.2, 0.25) is 0 Å². The summed E-state index contributed by atoms with van der Waals surface area (Å²) in [6, 6.07) is 14.9. The van der Waals surface area contributed by atoms with Gasteiger partial charge in [0.1, 0.15) is 0 Å². The number of hydrogen-bond acceptors (Lipinski definition) is 1. The SMILES string of the molecule is CC(C)(C)c1ccc(-c2[nH]c3ccc(C(C)(C)C)cc3c2C=O)cc1. The van der Waals surface area contributed by atoms with E-state index in [1.165, 1.54) is 11.1 Å². The van der Waals surface area contributed by atoms with Crippen molar-refractivity contribution < 1.29 is 4.79 Å². The Bertz CT molecular complexity index is 916. The van der Waals surface area contributed by atoms with Crippen LogP contribution >= 0.6 is 0 Å². The smallest absolute Gasteiger partial charge is 0.152 e. The first kappa shape index (κ1) is 17.5. The molecule has 2 nitrogen and oxygen atoms in total. The van der Waals surface area contributed by atoms with E-state index in [2.05, 4.69) is 89.0 Å². The molecule has 0 amide bonds. The van der Waals surface area contributed by atoms with Gasteiger partial charge in [-0.1, -0.05) is 71.9 Å². The number of aromatic amines is 1. The molecule has 0 aliphatic carbocycles. The second kappa shape index (κ2) is 5.87. The van der Waals surface area contributed by atoms with E-state index in [9.17, 15) is 4.79 Å². The van der Waals surface area contributed by atoms with E-state index in [0.717, 1.165) is 34.0 Å². The molecule has 0 aliphatic heterocycles.